The number of hydrogen-bond acceptors (Lipinski definition) is 4. The van der Waals surface area contributed by atoms with Gasteiger partial charge in [-0.15, -0.1) is 0 Å². The van der Waals surface area contributed by atoms with Gasteiger partial charge < -0.3 is 19.9 Å². The summed E-state index contributed by atoms with van der Waals surface area (Å²) < 4.78 is 5.39. The predicted molar refractivity (Wildman–Crippen MR) is 79.6 cm³/mol. The lowest BCUT2D eigenvalue weighted by Gasteiger charge is -2.49. The summed E-state index contributed by atoms with van der Waals surface area (Å²) in [6.45, 7) is 5.31. The fourth-order valence-electron chi connectivity index (χ4n) is 3.27. The lowest BCUT2D eigenvalue weighted by molar-refractivity contribution is 0.0274. The van der Waals surface area contributed by atoms with Crippen LogP contribution in [0.15, 0.2) is 0 Å². The Labute approximate surface area is 118 Å². The first-order valence-electron chi connectivity index (χ1n) is 7.79. The molecule has 1 saturated carbocycles. The van der Waals surface area contributed by atoms with Gasteiger partial charge in [0.2, 0.25) is 0 Å². The maximum Gasteiger partial charge on any atom is 0.0480 e. The fourth-order valence-corrected chi connectivity index (χ4v) is 3.27. The van der Waals surface area contributed by atoms with E-state index in [1.165, 1.54) is 38.6 Å². The smallest absolute Gasteiger partial charge is 0.0480 e. The molecule has 4 heteroatoms. The van der Waals surface area contributed by atoms with E-state index in [0.29, 0.717) is 11.6 Å². The van der Waals surface area contributed by atoms with Crippen LogP contribution in [0, 0.1) is 0 Å². The number of likely N-dealkylation sites (N-methyl/N-ethyl adjacent to an activating group) is 2. The molecule has 0 bridgehead atoms. The number of nitrogens with zero attached hydrogens (tertiary/aromatic N) is 2. The van der Waals surface area contributed by atoms with Crippen molar-refractivity contribution in [1.29, 1.82) is 0 Å². The summed E-state index contributed by atoms with van der Waals surface area (Å²) >= 11 is 0. The van der Waals surface area contributed by atoms with Gasteiger partial charge in [0.05, 0.1) is 0 Å². The van der Waals surface area contributed by atoms with Crippen molar-refractivity contribution in [3.63, 3.8) is 0 Å². The van der Waals surface area contributed by atoms with E-state index < -0.39 is 0 Å². The Hall–Kier alpha value is -0.160. The van der Waals surface area contributed by atoms with Crippen molar-refractivity contribution >= 4 is 0 Å². The van der Waals surface area contributed by atoms with Crippen LogP contribution in [0.4, 0.5) is 0 Å². The zero-order valence-corrected chi connectivity index (χ0v) is 13.0. The molecule has 0 spiro atoms. The van der Waals surface area contributed by atoms with Crippen molar-refractivity contribution in [3.8, 4) is 0 Å². The molecular formula is C15H31N3O. The van der Waals surface area contributed by atoms with E-state index in [4.69, 9.17) is 4.74 Å². The fraction of sp³-hybridized carbons (Fsp3) is 1.00. The summed E-state index contributed by atoms with van der Waals surface area (Å²) in [5, 5.41) is 3.67. The Morgan fingerprint density at radius 3 is 2.37 bits per heavy atom. The van der Waals surface area contributed by atoms with Gasteiger partial charge >= 0.3 is 0 Å². The van der Waals surface area contributed by atoms with Crippen molar-refractivity contribution in [1.82, 2.24) is 15.1 Å². The maximum atomic E-state index is 5.39. The Kier molecular flexibility index (Phi) is 5.63. The first kappa shape index (κ1) is 15.2. The van der Waals surface area contributed by atoms with Gasteiger partial charge in [-0.25, -0.2) is 0 Å². The molecular weight excluding hydrogens is 238 g/mol. The summed E-state index contributed by atoms with van der Waals surface area (Å²) in [5.74, 6) is 0. The van der Waals surface area contributed by atoms with Gasteiger partial charge in [-0.3, -0.25) is 0 Å². The molecule has 1 N–H and O–H groups in total. The number of rotatable bonds is 7. The Morgan fingerprint density at radius 1 is 1.16 bits per heavy atom. The van der Waals surface area contributed by atoms with E-state index in [2.05, 4.69) is 36.3 Å². The molecule has 0 aromatic rings. The molecule has 0 unspecified atom stereocenters. The molecule has 2 fully saturated rings. The van der Waals surface area contributed by atoms with Crippen LogP contribution in [0.2, 0.25) is 0 Å². The van der Waals surface area contributed by atoms with E-state index in [1.807, 2.05) is 0 Å². The average molecular weight is 269 g/mol. The van der Waals surface area contributed by atoms with Gasteiger partial charge in [0.1, 0.15) is 0 Å². The van der Waals surface area contributed by atoms with E-state index in [9.17, 15) is 0 Å². The second kappa shape index (κ2) is 7.02. The third-order valence-corrected chi connectivity index (χ3v) is 4.95. The molecule has 112 valence electrons. The van der Waals surface area contributed by atoms with Crippen molar-refractivity contribution in [2.45, 2.75) is 43.7 Å². The van der Waals surface area contributed by atoms with E-state index in [0.717, 1.165) is 26.3 Å². The first-order valence-corrected chi connectivity index (χ1v) is 7.79. The first-order chi connectivity index (χ1) is 9.12. The summed E-state index contributed by atoms with van der Waals surface area (Å²) in [6.07, 6.45) is 6.46. The van der Waals surface area contributed by atoms with Gasteiger partial charge in [0, 0.05) is 44.4 Å². The molecule has 19 heavy (non-hydrogen) atoms. The van der Waals surface area contributed by atoms with Crippen LogP contribution in [-0.4, -0.2) is 75.4 Å². The lowest BCUT2D eigenvalue weighted by Crippen LogP contribution is -2.57. The highest BCUT2D eigenvalue weighted by Crippen LogP contribution is 2.36. The largest absolute Gasteiger partial charge is 0.381 e. The molecule has 2 rings (SSSR count). The van der Waals surface area contributed by atoms with Crippen LogP contribution in [0.1, 0.15) is 32.1 Å². The van der Waals surface area contributed by atoms with Gasteiger partial charge in [0.25, 0.3) is 0 Å². The average Bonchev–Trinajstić information content (AvgIpc) is 2.34. The van der Waals surface area contributed by atoms with Gasteiger partial charge in [-0.2, -0.15) is 0 Å². The van der Waals surface area contributed by atoms with Crippen LogP contribution in [0.5, 0.6) is 0 Å². The van der Waals surface area contributed by atoms with E-state index in [-0.39, 0.29) is 0 Å². The SMILES string of the molecule is CN(CCNC1CCOCC1)CC1(N(C)C)CCC1. The molecule has 0 radical (unpaired) electrons. The molecule has 0 aromatic carbocycles. The second-order valence-corrected chi connectivity index (χ2v) is 6.55. The van der Waals surface area contributed by atoms with Crippen molar-refractivity contribution in [2.24, 2.45) is 0 Å². The van der Waals surface area contributed by atoms with Crippen molar-refractivity contribution < 1.29 is 4.74 Å². The summed E-state index contributed by atoms with van der Waals surface area (Å²) in [6, 6.07) is 0.675. The molecule has 2 aliphatic rings. The quantitative estimate of drug-likeness (QED) is 0.751. The van der Waals surface area contributed by atoms with Crippen LogP contribution >= 0.6 is 0 Å². The highest BCUT2D eigenvalue weighted by Gasteiger charge is 2.39. The van der Waals surface area contributed by atoms with Gasteiger partial charge in [-0.05, 0) is 53.2 Å². The van der Waals surface area contributed by atoms with E-state index >= 15 is 0 Å². The number of hydrogen-bond donors (Lipinski definition) is 1. The Bertz CT molecular complexity index is 260. The molecule has 0 atom stereocenters. The molecule has 1 saturated heterocycles. The topological polar surface area (TPSA) is 27.7 Å². The van der Waals surface area contributed by atoms with Gasteiger partial charge in [0.15, 0.2) is 0 Å². The molecule has 1 heterocycles. The van der Waals surface area contributed by atoms with Crippen LogP contribution < -0.4 is 5.32 Å². The third kappa shape index (κ3) is 4.15. The monoisotopic (exact) mass is 269 g/mol. The molecule has 4 nitrogen and oxygen atoms in total. The normalized spacial score (nSPS) is 23.8. The maximum absolute atomic E-state index is 5.39. The van der Waals surface area contributed by atoms with Crippen LogP contribution in [0.25, 0.3) is 0 Å². The predicted octanol–water partition coefficient (Wildman–Crippen LogP) is 1.17. The molecule has 0 aromatic heterocycles. The van der Waals surface area contributed by atoms with E-state index in [1.54, 1.807) is 0 Å². The third-order valence-electron chi connectivity index (χ3n) is 4.95. The summed E-state index contributed by atoms with van der Waals surface area (Å²) in [5.41, 5.74) is 0.452. The molecule has 1 aliphatic heterocycles. The van der Waals surface area contributed by atoms with Crippen molar-refractivity contribution in [2.75, 3.05) is 54.0 Å². The molecule has 0 amide bonds. The lowest BCUT2D eigenvalue weighted by atomic mass is 9.75. The summed E-state index contributed by atoms with van der Waals surface area (Å²) in [7, 11) is 6.72. The number of nitrogens with one attached hydrogen (secondary N) is 1. The number of ether oxygens (including phenoxy) is 1. The zero-order valence-electron chi connectivity index (χ0n) is 13.0. The molecule has 1 aliphatic carbocycles. The Balaban J connectivity index is 1.62. The Morgan fingerprint density at radius 2 is 1.84 bits per heavy atom. The second-order valence-electron chi connectivity index (χ2n) is 6.55. The minimum Gasteiger partial charge on any atom is -0.381 e. The van der Waals surface area contributed by atoms with Crippen LogP contribution in [0.3, 0.4) is 0 Å². The highest BCUT2D eigenvalue weighted by molar-refractivity contribution is 4.97. The minimum atomic E-state index is 0.452. The van der Waals surface area contributed by atoms with Crippen molar-refractivity contribution in [3.05, 3.63) is 0 Å². The van der Waals surface area contributed by atoms with Gasteiger partial charge in [-0.1, -0.05) is 0 Å². The minimum absolute atomic E-state index is 0.452. The van der Waals surface area contributed by atoms with Crippen LogP contribution in [-0.2, 0) is 4.74 Å². The highest BCUT2D eigenvalue weighted by atomic mass is 16.5. The summed E-state index contributed by atoms with van der Waals surface area (Å²) in [4.78, 5) is 4.92. The zero-order chi connectivity index (χ0) is 13.7. The standard InChI is InChI=1S/C15H31N3O/c1-17(2)15(7-4-8-15)13-18(3)10-9-16-14-5-11-19-12-6-14/h14,16H,4-13H2,1-3H3.